The first kappa shape index (κ1) is 14.9. The predicted octanol–water partition coefficient (Wildman–Crippen LogP) is 1.08. The Hall–Kier alpha value is -2.14. The normalized spacial score (nSPS) is 10.9. The van der Waals surface area contributed by atoms with Crippen molar-refractivity contribution in [3.8, 4) is 0 Å². The second kappa shape index (κ2) is 7.33. The van der Waals surface area contributed by atoms with Crippen molar-refractivity contribution in [1.82, 2.24) is 10.2 Å². The van der Waals surface area contributed by atoms with Crippen molar-refractivity contribution in [3.05, 3.63) is 41.5 Å². The summed E-state index contributed by atoms with van der Waals surface area (Å²) in [6, 6.07) is 6.89. The fourth-order valence-electron chi connectivity index (χ4n) is 1.50. The molecule has 19 heavy (non-hydrogen) atoms. The molecule has 0 saturated heterocycles. The summed E-state index contributed by atoms with van der Waals surface area (Å²) in [7, 11) is 3.85. The van der Waals surface area contributed by atoms with E-state index in [0.29, 0.717) is 17.7 Å². The highest BCUT2D eigenvalue weighted by Gasteiger charge is 2.08. The molecule has 1 aromatic carbocycles. The Morgan fingerprint density at radius 1 is 1.32 bits per heavy atom. The molecule has 1 amide bonds. The molecule has 0 fully saturated rings. The smallest absolute Gasteiger partial charge is 0.328 e. The van der Waals surface area contributed by atoms with Crippen molar-refractivity contribution in [3.63, 3.8) is 0 Å². The van der Waals surface area contributed by atoms with Gasteiger partial charge in [0.15, 0.2) is 0 Å². The SMILES string of the molecule is CN(C)CCNC(=O)c1ccccc1/C=C/C(=O)O. The summed E-state index contributed by atoms with van der Waals surface area (Å²) in [4.78, 5) is 24.5. The number of carbonyl (C=O) groups is 2. The van der Waals surface area contributed by atoms with Crippen molar-refractivity contribution >= 4 is 18.0 Å². The molecule has 5 heteroatoms. The van der Waals surface area contributed by atoms with Crippen molar-refractivity contribution in [2.75, 3.05) is 27.2 Å². The molecule has 0 aliphatic heterocycles. The highest BCUT2D eigenvalue weighted by atomic mass is 16.4. The molecular weight excluding hydrogens is 244 g/mol. The minimum atomic E-state index is -1.04. The van der Waals surface area contributed by atoms with Gasteiger partial charge in [-0.3, -0.25) is 4.79 Å². The Morgan fingerprint density at radius 2 is 2.00 bits per heavy atom. The summed E-state index contributed by atoms with van der Waals surface area (Å²) in [5, 5.41) is 11.4. The topological polar surface area (TPSA) is 69.6 Å². The van der Waals surface area contributed by atoms with Crippen LogP contribution >= 0.6 is 0 Å². The number of rotatable bonds is 6. The zero-order valence-electron chi connectivity index (χ0n) is 11.1. The molecule has 0 spiro atoms. The van der Waals surface area contributed by atoms with Gasteiger partial charge < -0.3 is 15.3 Å². The lowest BCUT2D eigenvalue weighted by Crippen LogP contribution is -2.31. The monoisotopic (exact) mass is 262 g/mol. The third kappa shape index (κ3) is 5.35. The van der Waals surface area contributed by atoms with Gasteiger partial charge in [-0.15, -0.1) is 0 Å². The maximum atomic E-state index is 12.0. The van der Waals surface area contributed by atoms with Gasteiger partial charge in [-0.25, -0.2) is 4.79 Å². The van der Waals surface area contributed by atoms with Gasteiger partial charge in [-0.1, -0.05) is 18.2 Å². The van der Waals surface area contributed by atoms with Gasteiger partial charge >= 0.3 is 5.97 Å². The number of amides is 1. The van der Waals surface area contributed by atoms with Crippen LogP contribution in [0.5, 0.6) is 0 Å². The quantitative estimate of drug-likeness (QED) is 0.753. The number of carbonyl (C=O) groups excluding carboxylic acids is 1. The molecule has 5 nitrogen and oxygen atoms in total. The number of nitrogens with zero attached hydrogens (tertiary/aromatic N) is 1. The Labute approximate surface area is 112 Å². The summed E-state index contributed by atoms with van der Waals surface area (Å²) in [5.41, 5.74) is 1.06. The van der Waals surface area contributed by atoms with Crippen molar-refractivity contribution in [2.45, 2.75) is 0 Å². The third-order valence-electron chi connectivity index (χ3n) is 2.46. The van der Waals surface area contributed by atoms with Crippen molar-refractivity contribution < 1.29 is 14.7 Å². The Morgan fingerprint density at radius 3 is 2.63 bits per heavy atom. The average Bonchev–Trinajstić information content (AvgIpc) is 2.36. The Kier molecular flexibility index (Phi) is 5.75. The molecule has 1 rings (SSSR count). The van der Waals surface area contributed by atoms with Crippen LogP contribution in [0.3, 0.4) is 0 Å². The van der Waals surface area contributed by atoms with Crippen molar-refractivity contribution in [1.29, 1.82) is 0 Å². The maximum Gasteiger partial charge on any atom is 0.328 e. The van der Waals surface area contributed by atoms with Crippen molar-refractivity contribution in [2.24, 2.45) is 0 Å². The van der Waals surface area contributed by atoms with E-state index in [-0.39, 0.29) is 5.91 Å². The molecule has 0 unspecified atom stereocenters. The minimum absolute atomic E-state index is 0.201. The number of benzene rings is 1. The molecule has 0 aliphatic rings. The Bertz CT molecular complexity index is 481. The van der Waals surface area contributed by atoms with Crippen LogP contribution < -0.4 is 5.32 Å². The van der Waals surface area contributed by atoms with Crippen LogP contribution in [-0.2, 0) is 4.79 Å². The summed E-state index contributed by atoms with van der Waals surface area (Å²) >= 11 is 0. The summed E-state index contributed by atoms with van der Waals surface area (Å²) in [6.07, 6.45) is 2.44. The lowest BCUT2D eigenvalue weighted by molar-refractivity contribution is -0.131. The van der Waals surface area contributed by atoms with Gasteiger partial charge in [0.2, 0.25) is 0 Å². The number of carboxylic acids is 1. The van der Waals surface area contributed by atoms with E-state index >= 15 is 0 Å². The van der Waals surface area contributed by atoms with Crippen LogP contribution in [0.15, 0.2) is 30.3 Å². The first-order valence-electron chi connectivity index (χ1n) is 5.93. The Balaban J connectivity index is 2.76. The number of aliphatic carboxylic acids is 1. The molecule has 0 bridgehead atoms. The highest BCUT2D eigenvalue weighted by molar-refractivity contribution is 5.98. The number of carboxylic acid groups (broad SMARTS) is 1. The van der Waals surface area contributed by atoms with E-state index in [1.54, 1.807) is 24.3 Å². The van der Waals surface area contributed by atoms with E-state index < -0.39 is 5.97 Å². The molecule has 2 N–H and O–H groups in total. The van der Waals surface area contributed by atoms with Crippen LogP contribution in [0, 0.1) is 0 Å². The summed E-state index contributed by atoms with van der Waals surface area (Å²) in [6.45, 7) is 1.29. The number of nitrogens with one attached hydrogen (secondary N) is 1. The molecule has 0 saturated carbocycles. The zero-order chi connectivity index (χ0) is 14.3. The number of hydrogen-bond acceptors (Lipinski definition) is 3. The van der Waals surface area contributed by atoms with E-state index in [2.05, 4.69) is 5.32 Å². The molecule has 0 aliphatic carbocycles. The highest BCUT2D eigenvalue weighted by Crippen LogP contribution is 2.10. The molecule has 0 radical (unpaired) electrons. The average molecular weight is 262 g/mol. The lowest BCUT2D eigenvalue weighted by Gasteiger charge is -2.11. The molecular formula is C14H18N2O3. The van der Waals surface area contributed by atoms with Gasteiger partial charge in [0.1, 0.15) is 0 Å². The van der Waals surface area contributed by atoms with E-state index in [1.165, 1.54) is 6.08 Å². The van der Waals surface area contributed by atoms with Crippen LogP contribution in [-0.4, -0.2) is 49.1 Å². The summed E-state index contributed by atoms with van der Waals surface area (Å²) in [5.74, 6) is -1.24. The molecule has 102 valence electrons. The maximum absolute atomic E-state index is 12.0. The molecule has 0 heterocycles. The van der Waals surface area contributed by atoms with Crippen LogP contribution in [0.2, 0.25) is 0 Å². The van der Waals surface area contributed by atoms with Crippen LogP contribution in [0.4, 0.5) is 0 Å². The van der Waals surface area contributed by atoms with Gasteiger partial charge in [0.25, 0.3) is 5.91 Å². The van der Waals surface area contributed by atoms with E-state index in [0.717, 1.165) is 12.6 Å². The van der Waals surface area contributed by atoms with Gasteiger partial charge in [0.05, 0.1) is 0 Å². The van der Waals surface area contributed by atoms with E-state index in [1.807, 2.05) is 19.0 Å². The number of likely N-dealkylation sites (N-methyl/N-ethyl adjacent to an activating group) is 1. The molecule has 0 aromatic heterocycles. The zero-order valence-corrected chi connectivity index (χ0v) is 11.1. The second-order valence-electron chi connectivity index (χ2n) is 4.32. The molecule has 0 atom stereocenters. The van der Waals surface area contributed by atoms with Gasteiger partial charge in [0, 0.05) is 24.7 Å². The predicted molar refractivity (Wildman–Crippen MR) is 74.0 cm³/mol. The fraction of sp³-hybridized carbons (Fsp3) is 0.286. The minimum Gasteiger partial charge on any atom is -0.478 e. The largest absolute Gasteiger partial charge is 0.478 e. The van der Waals surface area contributed by atoms with Crippen LogP contribution in [0.1, 0.15) is 15.9 Å². The number of hydrogen-bond donors (Lipinski definition) is 2. The van der Waals surface area contributed by atoms with E-state index in [4.69, 9.17) is 5.11 Å². The standard InChI is InChI=1S/C14H18N2O3/c1-16(2)10-9-15-14(19)12-6-4-3-5-11(12)7-8-13(17)18/h3-8H,9-10H2,1-2H3,(H,15,19)(H,17,18)/b8-7+. The first-order valence-corrected chi connectivity index (χ1v) is 5.93. The third-order valence-corrected chi connectivity index (χ3v) is 2.46. The summed E-state index contributed by atoms with van der Waals surface area (Å²) < 4.78 is 0. The molecule has 1 aromatic rings. The van der Waals surface area contributed by atoms with Gasteiger partial charge in [-0.2, -0.15) is 0 Å². The van der Waals surface area contributed by atoms with Gasteiger partial charge in [-0.05, 0) is 31.8 Å². The van der Waals surface area contributed by atoms with Crippen LogP contribution in [0.25, 0.3) is 6.08 Å². The second-order valence-corrected chi connectivity index (χ2v) is 4.32. The lowest BCUT2D eigenvalue weighted by atomic mass is 10.1. The fourth-order valence-corrected chi connectivity index (χ4v) is 1.50. The van der Waals surface area contributed by atoms with E-state index in [9.17, 15) is 9.59 Å². The first-order chi connectivity index (χ1) is 9.00.